The fourth-order valence-corrected chi connectivity index (χ4v) is 2.16. The topological polar surface area (TPSA) is 91.8 Å². The van der Waals surface area contributed by atoms with Gasteiger partial charge in [-0.25, -0.2) is 0 Å². The quantitative estimate of drug-likeness (QED) is 0.388. The number of aromatic nitrogens is 1. The van der Waals surface area contributed by atoms with Gasteiger partial charge >= 0.3 is 0 Å². The van der Waals surface area contributed by atoms with Crippen molar-refractivity contribution in [2.75, 3.05) is 7.05 Å². The van der Waals surface area contributed by atoms with Crippen LogP contribution in [0.5, 0.6) is 0 Å². The predicted octanol–water partition coefficient (Wildman–Crippen LogP) is 1.83. The molecule has 1 aromatic carbocycles. The molecule has 2 aromatic rings. The number of nitrogens with zero attached hydrogens (tertiary/aromatic N) is 3. The van der Waals surface area contributed by atoms with Crippen LogP contribution in [0.3, 0.4) is 0 Å². The maximum atomic E-state index is 12.6. The number of rotatable bonds is 4. The van der Waals surface area contributed by atoms with Gasteiger partial charge in [0.2, 0.25) is 0 Å². The normalized spacial score (nSPS) is 13.1. The molecule has 0 aliphatic heterocycles. The second kappa shape index (κ2) is 6.21. The Bertz CT molecular complexity index is 679. The highest BCUT2D eigenvalue weighted by Crippen LogP contribution is 2.19. The smallest absolute Gasteiger partial charge is 0.254 e. The summed E-state index contributed by atoms with van der Waals surface area (Å²) in [5.41, 5.74) is 6.86. The molecule has 0 fully saturated rings. The summed E-state index contributed by atoms with van der Waals surface area (Å²) in [5, 5.41) is 12.4. The summed E-state index contributed by atoms with van der Waals surface area (Å²) in [7, 11) is 1.70. The zero-order valence-corrected chi connectivity index (χ0v) is 12.0. The van der Waals surface area contributed by atoms with Crippen molar-refractivity contribution < 1.29 is 10.0 Å². The molecule has 6 nitrogen and oxygen atoms in total. The zero-order chi connectivity index (χ0) is 15.4. The van der Waals surface area contributed by atoms with Crippen LogP contribution >= 0.6 is 0 Å². The summed E-state index contributed by atoms with van der Waals surface area (Å²) in [6.07, 6.45) is 2.00. The Morgan fingerprint density at radius 2 is 2.19 bits per heavy atom. The molecule has 0 aliphatic rings. The Balaban J connectivity index is 2.30. The summed E-state index contributed by atoms with van der Waals surface area (Å²) in [6.45, 7) is 1.85. The van der Waals surface area contributed by atoms with Gasteiger partial charge in [-0.2, -0.15) is 0 Å². The number of hydrogen-bond donors (Lipinski definition) is 2. The average molecular weight is 286 g/mol. The first-order valence-electron chi connectivity index (χ1n) is 6.62. The lowest BCUT2D eigenvalue weighted by Gasteiger charge is -2.25. The number of amidine groups is 1. The molecule has 1 amide bonds. The lowest BCUT2D eigenvalue weighted by Crippen LogP contribution is -2.37. The monoisotopic (exact) mass is 286 g/mol. The van der Waals surface area contributed by atoms with Crippen LogP contribution in [0.4, 0.5) is 0 Å². The summed E-state index contributed by atoms with van der Waals surface area (Å²) in [6, 6.07) is 8.95. The van der Waals surface area contributed by atoms with Gasteiger partial charge in [-0.15, -0.1) is 0 Å². The first-order chi connectivity index (χ1) is 10.0. The molecule has 1 aromatic heterocycles. The van der Waals surface area contributed by atoms with Crippen molar-refractivity contribution >= 4 is 22.6 Å². The lowest BCUT2D eigenvalue weighted by molar-refractivity contribution is 0.0749. The number of hydrogen-bond acceptors (Lipinski definition) is 4. The third kappa shape index (κ3) is 3.10. The second-order valence-electron chi connectivity index (χ2n) is 4.94. The lowest BCUT2D eigenvalue weighted by atomic mass is 10.1. The SMILES string of the molecule is CC(CC(N)=NO)N(C)C(=O)c1cccc2ncccc12. The van der Waals surface area contributed by atoms with Crippen molar-refractivity contribution in [1.82, 2.24) is 9.88 Å². The van der Waals surface area contributed by atoms with Crippen molar-refractivity contribution in [3.8, 4) is 0 Å². The van der Waals surface area contributed by atoms with Crippen LogP contribution in [0.2, 0.25) is 0 Å². The van der Waals surface area contributed by atoms with Gasteiger partial charge in [0.25, 0.3) is 5.91 Å². The van der Waals surface area contributed by atoms with Crippen molar-refractivity contribution in [1.29, 1.82) is 0 Å². The molecule has 110 valence electrons. The maximum absolute atomic E-state index is 12.6. The van der Waals surface area contributed by atoms with E-state index < -0.39 is 0 Å². The molecule has 0 radical (unpaired) electrons. The maximum Gasteiger partial charge on any atom is 0.254 e. The number of carbonyl (C=O) groups excluding carboxylic acids is 1. The van der Waals surface area contributed by atoms with Gasteiger partial charge < -0.3 is 15.8 Å². The van der Waals surface area contributed by atoms with Gasteiger partial charge in [0.1, 0.15) is 5.84 Å². The van der Waals surface area contributed by atoms with Crippen LogP contribution in [0.15, 0.2) is 41.7 Å². The van der Waals surface area contributed by atoms with E-state index in [2.05, 4.69) is 10.1 Å². The molecular weight excluding hydrogens is 268 g/mol. The van der Waals surface area contributed by atoms with Crippen LogP contribution in [0.25, 0.3) is 10.9 Å². The third-order valence-corrected chi connectivity index (χ3v) is 3.49. The summed E-state index contributed by atoms with van der Waals surface area (Å²) < 4.78 is 0. The van der Waals surface area contributed by atoms with Crippen molar-refractivity contribution in [3.05, 3.63) is 42.1 Å². The van der Waals surface area contributed by atoms with E-state index in [1.54, 1.807) is 30.3 Å². The van der Waals surface area contributed by atoms with Gasteiger partial charge in [0, 0.05) is 36.7 Å². The number of amides is 1. The highest BCUT2D eigenvalue weighted by molar-refractivity contribution is 6.06. The molecular formula is C15H18N4O2. The Morgan fingerprint density at radius 3 is 2.90 bits per heavy atom. The van der Waals surface area contributed by atoms with Crippen molar-refractivity contribution in [3.63, 3.8) is 0 Å². The van der Waals surface area contributed by atoms with Gasteiger partial charge in [0.05, 0.1) is 5.52 Å². The molecule has 0 bridgehead atoms. The van der Waals surface area contributed by atoms with Crippen LogP contribution in [-0.4, -0.2) is 39.9 Å². The average Bonchev–Trinajstić information content (AvgIpc) is 2.52. The minimum atomic E-state index is -0.180. The van der Waals surface area contributed by atoms with Gasteiger partial charge in [-0.1, -0.05) is 17.3 Å². The van der Waals surface area contributed by atoms with Crippen LogP contribution < -0.4 is 5.73 Å². The fourth-order valence-electron chi connectivity index (χ4n) is 2.16. The van der Waals surface area contributed by atoms with Gasteiger partial charge in [0.15, 0.2) is 0 Å². The predicted molar refractivity (Wildman–Crippen MR) is 81.3 cm³/mol. The molecule has 0 saturated heterocycles. The van der Waals surface area contributed by atoms with Gasteiger partial charge in [-0.05, 0) is 25.1 Å². The first kappa shape index (κ1) is 14.8. The van der Waals surface area contributed by atoms with Crippen LogP contribution in [0.1, 0.15) is 23.7 Å². The Morgan fingerprint density at radius 1 is 1.43 bits per heavy atom. The Kier molecular flexibility index (Phi) is 4.37. The minimum Gasteiger partial charge on any atom is -0.409 e. The standard InChI is InChI=1S/C15H18N4O2/c1-10(9-14(16)18-21)19(2)15(20)12-5-3-7-13-11(12)6-4-8-17-13/h3-8,10,21H,9H2,1-2H3,(H2,16,18). The van der Waals surface area contributed by atoms with E-state index in [-0.39, 0.29) is 17.8 Å². The number of oxime groups is 1. The number of carbonyl (C=O) groups is 1. The van der Waals surface area contributed by atoms with E-state index in [0.29, 0.717) is 12.0 Å². The molecule has 1 atom stereocenters. The molecule has 1 unspecified atom stereocenters. The van der Waals surface area contributed by atoms with E-state index in [4.69, 9.17) is 10.9 Å². The van der Waals surface area contributed by atoms with E-state index in [1.807, 2.05) is 25.1 Å². The van der Waals surface area contributed by atoms with Crippen molar-refractivity contribution in [2.45, 2.75) is 19.4 Å². The summed E-state index contributed by atoms with van der Waals surface area (Å²) >= 11 is 0. The summed E-state index contributed by atoms with van der Waals surface area (Å²) in [4.78, 5) is 18.5. The molecule has 3 N–H and O–H groups in total. The molecule has 21 heavy (non-hydrogen) atoms. The number of nitrogens with two attached hydrogens (primary N) is 1. The van der Waals surface area contributed by atoms with E-state index in [9.17, 15) is 4.79 Å². The van der Waals surface area contributed by atoms with Crippen molar-refractivity contribution in [2.24, 2.45) is 10.9 Å². The first-order valence-corrected chi connectivity index (χ1v) is 6.62. The van der Waals surface area contributed by atoms with Gasteiger partial charge in [-0.3, -0.25) is 9.78 Å². The molecule has 0 saturated carbocycles. The zero-order valence-electron chi connectivity index (χ0n) is 12.0. The Labute approximate surface area is 122 Å². The van der Waals surface area contributed by atoms with E-state index in [0.717, 1.165) is 10.9 Å². The molecule has 0 aliphatic carbocycles. The number of fused-ring (bicyclic) bond motifs is 1. The van der Waals surface area contributed by atoms with E-state index in [1.165, 1.54) is 0 Å². The molecule has 6 heteroatoms. The molecule has 1 heterocycles. The Hall–Kier alpha value is -2.63. The fraction of sp³-hybridized carbons (Fsp3) is 0.267. The highest BCUT2D eigenvalue weighted by atomic mass is 16.4. The molecule has 2 rings (SSSR count). The largest absolute Gasteiger partial charge is 0.409 e. The van der Waals surface area contributed by atoms with E-state index >= 15 is 0 Å². The second-order valence-corrected chi connectivity index (χ2v) is 4.94. The number of pyridine rings is 1. The number of benzene rings is 1. The van der Waals surface area contributed by atoms with Crippen LogP contribution in [0, 0.1) is 0 Å². The van der Waals surface area contributed by atoms with Crippen LogP contribution in [-0.2, 0) is 0 Å². The molecule has 0 spiro atoms. The minimum absolute atomic E-state index is 0.0988. The summed E-state index contributed by atoms with van der Waals surface area (Å²) in [5.74, 6) is -0.0198. The third-order valence-electron chi connectivity index (χ3n) is 3.49. The highest BCUT2D eigenvalue weighted by Gasteiger charge is 2.20.